The minimum Gasteiger partial charge on any atom is -0.497 e. The monoisotopic (exact) mass is 290 g/mol. The highest BCUT2D eigenvalue weighted by Crippen LogP contribution is 2.19. The molecule has 0 aliphatic carbocycles. The molecule has 1 heterocycles. The van der Waals surface area contributed by atoms with Gasteiger partial charge in [-0.05, 0) is 24.3 Å². The number of carboxylic acids is 1. The molecule has 0 aliphatic rings. The summed E-state index contributed by atoms with van der Waals surface area (Å²) in [6, 6.07) is 6.58. The summed E-state index contributed by atoms with van der Waals surface area (Å²) in [5.74, 6) is -2.56. The first-order valence-electron chi connectivity index (χ1n) is 5.86. The van der Waals surface area contributed by atoms with Gasteiger partial charge in [-0.15, -0.1) is 0 Å². The predicted molar refractivity (Wildman–Crippen MR) is 72.1 cm³/mol. The zero-order valence-electron chi connectivity index (χ0n) is 11.0. The second kappa shape index (κ2) is 6.00. The molecule has 2 N–H and O–H groups in total. The number of aromatic carboxylic acids is 1. The summed E-state index contributed by atoms with van der Waals surface area (Å²) >= 11 is 0. The highest BCUT2D eigenvalue weighted by molar-refractivity contribution is 6.07. The second-order valence-electron chi connectivity index (χ2n) is 4.00. The molecule has 6 nitrogen and oxygen atoms in total. The number of rotatable bonds is 4. The Labute approximate surface area is 119 Å². The molecule has 0 spiro atoms. The van der Waals surface area contributed by atoms with Crippen LogP contribution in [0.15, 0.2) is 36.5 Å². The van der Waals surface area contributed by atoms with E-state index >= 15 is 0 Å². The van der Waals surface area contributed by atoms with Crippen LogP contribution in [0.25, 0.3) is 0 Å². The van der Waals surface area contributed by atoms with Crippen molar-refractivity contribution < 1.29 is 23.8 Å². The number of hydrogen-bond donors (Lipinski definition) is 2. The normalized spacial score (nSPS) is 10.0. The first kappa shape index (κ1) is 14.4. The number of carbonyl (C=O) groups excluding carboxylic acids is 1. The third kappa shape index (κ3) is 3.14. The first-order valence-corrected chi connectivity index (χ1v) is 5.86. The van der Waals surface area contributed by atoms with Gasteiger partial charge < -0.3 is 15.2 Å². The molecule has 0 saturated carbocycles. The first-order chi connectivity index (χ1) is 10.0. The van der Waals surface area contributed by atoms with Crippen molar-refractivity contribution in [1.82, 2.24) is 4.98 Å². The Hall–Kier alpha value is -2.96. The molecule has 0 bridgehead atoms. The van der Waals surface area contributed by atoms with Crippen LogP contribution < -0.4 is 10.1 Å². The fourth-order valence-electron chi connectivity index (χ4n) is 1.67. The van der Waals surface area contributed by atoms with Crippen LogP contribution in [0, 0.1) is 5.82 Å². The second-order valence-corrected chi connectivity index (χ2v) is 4.00. The van der Waals surface area contributed by atoms with Gasteiger partial charge in [-0.2, -0.15) is 0 Å². The molecule has 21 heavy (non-hydrogen) atoms. The van der Waals surface area contributed by atoms with E-state index in [-0.39, 0.29) is 22.7 Å². The summed E-state index contributed by atoms with van der Waals surface area (Å²) in [5, 5.41) is 11.3. The van der Waals surface area contributed by atoms with E-state index in [1.807, 2.05) is 0 Å². The van der Waals surface area contributed by atoms with Crippen LogP contribution in [-0.2, 0) is 0 Å². The number of anilines is 1. The van der Waals surface area contributed by atoms with Crippen molar-refractivity contribution in [2.24, 2.45) is 0 Å². The fraction of sp³-hybridized carbons (Fsp3) is 0.0714. The van der Waals surface area contributed by atoms with Gasteiger partial charge >= 0.3 is 5.97 Å². The quantitative estimate of drug-likeness (QED) is 0.901. The molecule has 0 fully saturated rings. The molecule has 2 aromatic rings. The van der Waals surface area contributed by atoms with Crippen LogP contribution in [0.4, 0.5) is 10.1 Å². The van der Waals surface area contributed by atoms with E-state index in [9.17, 15) is 14.0 Å². The van der Waals surface area contributed by atoms with Crippen molar-refractivity contribution in [3.8, 4) is 5.75 Å². The molecule has 0 saturated heterocycles. The van der Waals surface area contributed by atoms with Gasteiger partial charge in [-0.1, -0.05) is 0 Å². The van der Waals surface area contributed by atoms with E-state index in [0.717, 1.165) is 6.07 Å². The van der Waals surface area contributed by atoms with Crippen LogP contribution >= 0.6 is 0 Å². The zero-order valence-corrected chi connectivity index (χ0v) is 11.0. The van der Waals surface area contributed by atoms with Gasteiger partial charge in [0.25, 0.3) is 5.91 Å². The molecule has 0 radical (unpaired) electrons. The number of carboxylic acid groups (broad SMARTS) is 1. The Bertz CT molecular complexity index is 703. The highest BCUT2D eigenvalue weighted by atomic mass is 19.1. The topological polar surface area (TPSA) is 88.5 Å². The van der Waals surface area contributed by atoms with E-state index in [1.165, 1.54) is 37.6 Å². The summed E-state index contributed by atoms with van der Waals surface area (Å²) in [5.41, 5.74) is -0.555. The number of nitrogens with one attached hydrogen (secondary N) is 1. The average molecular weight is 290 g/mol. The molecule has 0 unspecified atom stereocenters. The third-order valence-corrected chi connectivity index (χ3v) is 2.68. The van der Waals surface area contributed by atoms with Crippen molar-refractivity contribution in [2.75, 3.05) is 12.4 Å². The largest absolute Gasteiger partial charge is 0.497 e. The SMILES string of the molecule is COc1ccc(C(=O)Nc2cccnc2C(=O)O)c(F)c1. The van der Waals surface area contributed by atoms with Crippen LogP contribution in [-0.4, -0.2) is 29.1 Å². The summed E-state index contributed by atoms with van der Waals surface area (Å²) in [7, 11) is 1.38. The molecular formula is C14H11FN2O4. The summed E-state index contributed by atoms with van der Waals surface area (Å²) < 4.78 is 18.6. The van der Waals surface area contributed by atoms with Crippen LogP contribution in [0.2, 0.25) is 0 Å². The number of benzene rings is 1. The van der Waals surface area contributed by atoms with Crippen molar-refractivity contribution in [1.29, 1.82) is 0 Å². The molecule has 0 atom stereocenters. The lowest BCUT2D eigenvalue weighted by Crippen LogP contribution is -2.17. The maximum absolute atomic E-state index is 13.8. The smallest absolute Gasteiger partial charge is 0.356 e. The number of halogens is 1. The number of amides is 1. The number of carbonyl (C=O) groups is 2. The van der Waals surface area contributed by atoms with E-state index in [2.05, 4.69) is 10.3 Å². The molecule has 0 aliphatic heterocycles. The number of ether oxygens (including phenoxy) is 1. The lowest BCUT2D eigenvalue weighted by Gasteiger charge is -2.09. The number of nitrogens with zero attached hydrogens (tertiary/aromatic N) is 1. The maximum atomic E-state index is 13.8. The molecule has 2 rings (SSSR count). The number of hydrogen-bond acceptors (Lipinski definition) is 4. The van der Waals surface area contributed by atoms with E-state index < -0.39 is 17.7 Å². The van der Waals surface area contributed by atoms with Gasteiger partial charge in [-0.25, -0.2) is 14.2 Å². The van der Waals surface area contributed by atoms with Crippen LogP contribution in [0.1, 0.15) is 20.8 Å². The van der Waals surface area contributed by atoms with Crippen LogP contribution in [0.5, 0.6) is 5.75 Å². The maximum Gasteiger partial charge on any atom is 0.356 e. The van der Waals surface area contributed by atoms with E-state index in [4.69, 9.17) is 9.84 Å². The Kier molecular flexibility index (Phi) is 4.13. The number of aromatic nitrogens is 1. The molecule has 1 aromatic heterocycles. The Morgan fingerprint density at radius 3 is 2.71 bits per heavy atom. The fourth-order valence-corrected chi connectivity index (χ4v) is 1.67. The third-order valence-electron chi connectivity index (χ3n) is 2.68. The minimum absolute atomic E-state index is 0.00906. The van der Waals surface area contributed by atoms with Crippen molar-refractivity contribution in [2.45, 2.75) is 0 Å². The van der Waals surface area contributed by atoms with Gasteiger partial charge in [0.05, 0.1) is 18.4 Å². The Morgan fingerprint density at radius 2 is 2.10 bits per heavy atom. The molecular weight excluding hydrogens is 279 g/mol. The van der Waals surface area contributed by atoms with Crippen LogP contribution in [0.3, 0.4) is 0 Å². The van der Waals surface area contributed by atoms with E-state index in [0.29, 0.717) is 0 Å². The summed E-state index contributed by atoms with van der Waals surface area (Å²) in [4.78, 5) is 26.6. The Balaban J connectivity index is 2.28. The summed E-state index contributed by atoms with van der Waals surface area (Å²) in [6.45, 7) is 0. The van der Waals surface area contributed by atoms with Gasteiger partial charge in [0, 0.05) is 12.3 Å². The lowest BCUT2D eigenvalue weighted by molar-refractivity contribution is 0.0691. The molecule has 108 valence electrons. The molecule has 7 heteroatoms. The van der Waals surface area contributed by atoms with Gasteiger partial charge in [0.2, 0.25) is 0 Å². The predicted octanol–water partition coefficient (Wildman–Crippen LogP) is 2.18. The van der Waals surface area contributed by atoms with Crippen molar-refractivity contribution >= 4 is 17.6 Å². The summed E-state index contributed by atoms with van der Waals surface area (Å²) in [6.07, 6.45) is 1.28. The molecule has 1 aromatic carbocycles. The average Bonchev–Trinajstić information content (AvgIpc) is 2.47. The van der Waals surface area contributed by atoms with Gasteiger partial charge in [0.15, 0.2) is 5.69 Å². The minimum atomic E-state index is -1.29. The lowest BCUT2D eigenvalue weighted by atomic mass is 10.1. The molecule has 1 amide bonds. The number of methoxy groups -OCH3 is 1. The van der Waals surface area contributed by atoms with E-state index in [1.54, 1.807) is 0 Å². The van der Waals surface area contributed by atoms with Gasteiger partial charge in [-0.3, -0.25) is 4.79 Å². The zero-order chi connectivity index (χ0) is 15.4. The number of pyridine rings is 1. The standard InChI is InChI=1S/C14H11FN2O4/c1-21-8-4-5-9(10(15)7-8)13(18)17-11-3-2-6-16-12(11)14(19)20/h2-7H,1H3,(H,17,18)(H,19,20). The van der Waals surface area contributed by atoms with Gasteiger partial charge in [0.1, 0.15) is 11.6 Å². The Morgan fingerprint density at radius 1 is 1.33 bits per heavy atom. The highest BCUT2D eigenvalue weighted by Gasteiger charge is 2.17. The van der Waals surface area contributed by atoms with Crippen molar-refractivity contribution in [3.63, 3.8) is 0 Å². The van der Waals surface area contributed by atoms with Crippen molar-refractivity contribution in [3.05, 3.63) is 53.6 Å².